The molecule has 0 spiro atoms. The van der Waals surface area contributed by atoms with Crippen molar-refractivity contribution in [1.82, 2.24) is 20.0 Å². The minimum atomic E-state index is -0.0543. The van der Waals surface area contributed by atoms with Crippen LogP contribution >= 0.6 is 0 Å². The molecule has 3 rings (SSSR count). The number of piperidine rings is 1. The van der Waals surface area contributed by atoms with Crippen molar-refractivity contribution in [3.8, 4) is 5.69 Å². The standard InChI is InChI=1S/C23H32N4O2/c1-15(2)21-20(13-24-27(21)19-10-8-17(5)9-11-19)23(29)26-12-6-7-18(14-26)25-22(28)16(3)4/h8-11,13,15-16,18H,6-7,12,14H2,1-5H3,(H,25,28). The van der Waals surface area contributed by atoms with Crippen molar-refractivity contribution >= 4 is 11.8 Å². The lowest BCUT2D eigenvalue weighted by Gasteiger charge is -2.33. The number of rotatable bonds is 5. The maximum absolute atomic E-state index is 13.3. The summed E-state index contributed by atoms with van der Waals surface area (Å²) in [6, 6.07) is 8.17. The van der Waals surface area contributed by atoms with Crippen LogP contribution in [0.2, 0.25) is 0 Å². The molecule has 1 aromatic carbocycles. The van der Waals surface area contributed by atoms with Gasteiger partial charge in [0.25, 0.3) is 5.91 Å². The molecule has 1 N–H and O–H groups in total. The lowest BCUT2D eigenvalue weighted by molar-refractivity contribution is -0.125. The lowest BCUT2D eigenvalue weighted by atomic mass is 10.0. The Kier molecular flexibility index (Phi) is 6.40. The molecule has 6 nitrogen and oxygen atoms in total. The van der Waals surface area contributed by atoms with E-state index in [1.54, 1.807) is 6.20 Å². The van der Waals surface area contributed by atoms with Crippen LogP contribution in [-0.4, -0.2) is 45.6 Å². The van der Waals surface area contributed by atoms with E-state index in [4.69, 9.17) is 0 Å². The molecule has 0 aliphatic carbocycles. The van der Waals surface area contributed by atoms with Crippen molar-refractivity contribution in [1.29, 1.82) is 0 Å². The van der Waals surface area contributed by atoms with E-state index in [9.17, 15) is 9.59 Å². The fourth-order valence-electron chi connectivity index (χ4n) is 3.79. The molecule has 2 amide bonds. The maximum Gasteiger partial charge on any atom is 0.257 e. The molecule has 1 aromatic heterocycles. The van der Waals surface area contributed by atoms with Gasteiger partial charge in [0.15, 0.2) is 0 Å². The summed E-state index contributed by atoms with van der Waals surface area (Å²) in [5.41, 5.74) is 3.72. The topological polar surface area (TPSA) is 67.2 Å². The van der Waals surface area contributed by atoms with Gasteiger partial charge in [0.1, 0.15) is 0 Å². The Morgan fingerprint density at radius 2 is 1.83 bits per heavy atom. The van der Waals surface area contributed by atoms with Crippen LogP contribution in [0.5, 0.6) is 0 Å². The van der Waals surface area contributed by atoms with Gasteiger partial charge < -0.3 is 10.2 Å². The SMILES string of the molecule is Cc1ccc(-n2ncc(C(=O)N3CCCC(NC(=O)C(C)C)C3)c2C(C)C)cc1. The normalized spacial score (nSPS) is 17.1. The number of carbonyl (C=O) groups is 2. The van der Waals surface area contributed by atoms with Crippen LogP contribution < -0.4 is 5.32 Å². The minimum absolute atomic E-state index is 0.00411. The summed E-state index contributed by atoms with van der Waals surface area (Å²) in [4.78, 5) is 27.3. The van der Waals surface area contributed by atoms with E-state index >= 15 is 0 Å². The van der Waals surface area contributed by atoms with Gasteiger partial charge in [-0.05, 0) is 37.8 Å². The second-order valence-electron chi connectivity index (χ2n) is 8.60. The molecule has 6 heteroatoms. The van der Waals surface area contributed by atoms with Gasteiger partial charge in [-0.3, -0.25) is 9.59 Å². The highest BCUT2D eigenvalue weighted by atomic mass is 16.2. The average Bonchev–Trinajstić information content (AvgIpc) is 3.13. The van der Waals surface area contributed by atoms with Gasteiger partial charge in [0.2, 0.25) is 5.91 Å². The second-order valence-corrected chi connectivity index (χ2v) is 8.60. The van der Waals surface area contributed by atoms with Crippen molar-refractivity contribution in [3.05, 3.63) is 47.3 Å². The van der Waals surface area contributed by atoms with Crippen LogP contribution in [0.15, 0.2) is 30.5 Å². The van der Waals surface area contributed by atoms with Crippen LogP contribution in [-0.2, 0) is 4.79 Å². The predicted molar refractivity (Wildman–Crippen MR) is 114 cm³/mol. The molecule has 1 fully saturated rings. The number of nitrogens with one attached hydrogen (secondary N) is 1. The van der Waals surface area contributed by atoms with E-state index in [0.29, 0.717) is 18.7 Å². The van der Waals surface area contributed by atoms with Gasteiger partial charge in [-0.1, -0.05) is 45.4 Å². The molecule has 2 aromatic rings. The Balaban J connectivity index is 1.83. The van der Waals surface area contributed by atoms with Crippen molar-refractivity contribution in [2.45, 2.75) is 59.4 Å². The van der Waals surface area contributed by atoms with E-state index in [0.717, 1.165) is 24.2 Å². The van der Waals surface area contributed by atoms with Crippen LogP contribution in [0.25, 0.3) is 5.69 Å². The van der Waals surface area contributed by atoms with Crippen LogP contribution in [0.3, 0.4) is 0 Å². The quantitative estimate of drug-likeness (QED) is 0.838. The minimum Gasteiger partial charge on any atom is -0.351 e. The first-order valence-electron chi connectivity index (χ1n) is 10.5. The second kappa shape index (κ2) is 8.80. The van der Waals surface area contributed by atoms with E-state index in [-0.39, 0.29) is 29.7 Å². The number of amides is 2. The van der Waals surface area contributed by atoms with Crippen molar-refractivity contribution in [2.24, 2.45) is 5.92 Å². The van der Waals surface area contributed by atoms with E-state index in [1.165, 1.54) is 5.56 Å². The molecule has 156 valence electrons. The number of aromatic nitrogens is 2. The largest absolute Gasteiger partial charge is 0.351 e. The zero-order chi connectivity index (χ0) is 21.1. The van der Waals surface area contributed by atoms with Gasteiger partial charge in [-0.15, -0.1) is 0 Å². The molecular weight excluding hydrogens is 364 g/mol. The number of hydrogen-bond acceptors (Lipinski definition) is 3. The molecule has 29 heavy (non-hydrogen) atoms. The highest BCUT2D eigenvalue weighted by Crippen LogP contribution is 2.25. The molecule has 2 heterocycles. The number of hydrogen-bond donors (Lipinski definition) is 1. The molecule has 1 unspecified atom stereocenters. The molecule has 1 aliphatic rings. The third-order valence-electron chi connectivity index (χ3n) is 5.44. The molecule has 0 bridgehead atoms. The van der Waals surface area contributed by atoms with E-state index in [2.05, 4.69) is 43.3 Å². The first kappa shape index (κ1) is 21.1. The Hall–Kier alpha value is -2.63. The monoisotopic (exact) mass is 396 g/mol. The van der Waals surface area contributed by atoms with Gasteiger partial charge in [-0.2, -0.15) is 5.10 Å². The van der Waals surface area contributed by atoms with Crippen molar-refractivity contribution in [2.75, 3.05) is 13.1 Å². The zero-order valence-electron chi connectivity index (χ0n) is 18.1. The van der Waals surface area contributed by atoms with Crippen molar-refractivity contribution in [3.63, 3.8) is 0 Å². The summed E-state index contributed by atoms with van der Waals surface area (Å²) in [7, 11) is 0. The highest BCUT2D eigenvalue weighted by molar-refractivity contribution is 5.95. The summed E-state index contributed by atoms with van der Waals surface area (Å²) in [6.07, 6.45) is 3.48. The van der Waals surface area contributed by atoms with Gasteiger partial charge in [-0.25, -0.2) is 4.68 Å². The third kappa shape index (κ3) is 4.69. The zero-order valence-corrected chi connectivity index (χ0v) is 18.1. The van der Waals surface area contributed by atoms with Gasteiger partial charge in [0.05, 0.1) is 23.1 Å². The Morgan fingerprint density at radius 3 is 2.45 bits per heavy atom. The number of aryl methyl sites for hydroxylation is 1. The van der Waals surface area contributed by atoms with E-state index < -0.39 is 0 Å². The fourth-order valence-corrected chi connectivity index (χ4v) is 3.79. The summed E-state index contributed by atoms with van der Waals surface area (Å²) in [5.74, 6) is 0.135. The summed E-state index contributed by atoms with van der Waals surface area (Å²) >= 11 is 0. The first-order chi connectivity index (χ1) is 13.8. The summed E-state index contributed by atoms with van der Waals surface area (Å²) < 4.78 is 1.87. The molecular formula is C23H32N4O2. The summed E-state index contributed by atoms with van der Waals surface area (Å²) in [6.45, 7) is 11.2. The van der Waals surface area contributed by atoms with Crippen LogP contribution in [0, 0.1) is 12.8 Å². The summed E-state index contributed by atoms with van der Waals surface area (Å²) in [5, 5.41) is 7.62. The van der Waals surface area contributed by atoms with Gasteiger partial charge >= 0.3 is 0 Å². The Labute approximate surface area is 173 Å². The first-order valence-corrected chi connectivity index (χ1v) is 10.5. The molecule has 1 aliphatic heterocycles. The van der Waals surface area contributed by atoms with E-state index in [1.807, 2.05) is 35.6 Å². The van der Waals surface area contributed by atoms with Crippen LogP contribution in [0.1, 0.15) is 68.1 Å². The highest BCUT2D eigenvalue weighted by Gasteiger charge is 2.29. The lowest BCUT2D eigenvalue weighted by Crippen LogP contribution is -2.50. The number of benzene rings is 1. The molecule has 0 saturated carbocycles. The smallest absolute Gasteiger partial charge is 0.257 e. The number of likely N-dealkylation sites (tertiary alicyclic amines) is 1. The maximum atomic E-state index is 13.3. The van der Waals surface area contributed by atoms with Crippen LogP contribution in [0.4, 0.5) is 0 Å². The number of nitrogens with zero attached hydrogens (tertiary/aromatic N) is 3. The van der Waals surface area contributed by atoms with Crippen molar-refractivity contribution < 1.29 is 9.59 Å². The van der Waals surface area contributed by atoms with Gasteiger partial charge in [0, 0.05) is 25.0 Å². The molecule has 1 saturated heterocycles. The Morgan fingerprint density at radius 1 is 1.14 bits per heavy atom. The fraction of sp³-hybridized carbons (Fsp3) is 0.522. The third-order valence-corrected chi connectivity index (χ3v) is 5.44. The predicted octanol–water partition coefficient (Wildman–Crippen LogP) is 3.68. The molecule has 1 atom stereocenters. The average molecular weight is 397 g/mol. The molecule has 0 radical (unpaired) electrons. The Bertz CT molecular complexity index is 868. The number of carbonyl (C=O) groups excluding carboxylic acids is 2.